The molecule has 9 rings (SSSR count). The molecule has 4 N–H and O–H groups in total. The van der Waals surface area contributed by atoms with E-state index in [0.717, 1.165) is 126 Å². The lowest BCUT2D eigenvalue weighted by atomic mass is 10.1. The van der Waals surface area contributed by atoms with Crippen molar-refractivity contribution in [2.75, 3.05) is 52.4 Å². The van der Waals surface area contributed by atoms with E-state index in [1.807, 2.05) is 0 Å². The average Bonchev–Trinajstić information content (AvgIpc) is 3.92. The van der Waals surface area contributed by atoms with Crippen molar-refractivity contribution in [3.05, 3.63) is 47.6 Å². The SMILES string of the molecule is C1CC(c2nnc(C3CC3)o2)CN1.CC(C)Cc1nnc(C2CCNC2)o1.CC(C)c1nnc(C2CCNC2)o1.c1nnc(C2CCNC2)o1. The lowest BCUT2D eigenvalue weighted by Crippen LogP contribution is -2.08. The first-order chi connectivity index (χ1) is 24.4. The smallest absolute Gasteiger partial charge is 0.220 e. The van der Waals surface area contributed by atoms with Crippen LogP contribution in [0.3, 0.4) is 0 Å². The van der Waals surface area contributed by atoms with Gasteiger partial charge in [-0.15, -0.1) is 40.8 Å². The summed E-state index contributed by atoms with van der Waals surface area (Å²) in [5, 5.41) is 45.0. The molecule has 4 aromatic rings. The summed E-state index contributed by atoms with van der Waals surface area (Å²) < 4.78 is 21.9. The standard InChI is InChI=1S/C10H17N3O.C9H13N3O.C9H15N3O.C6H9N3O/c1-7(2)5-9-12-13-10(14-9)8-3-4-11-6-8;1-2-6(1)8-11-12-9(13-8)7-3-4-10-5-7;1-6(2)8-11-12-9(13-8)7-3-4-10-5-7;1-2-7-3-5(1)6-9-8-4-10-6/h7-8,11H,3-6H2,1-2H3;6-7,10H,1-5H2;6-7,10H,3-5H2,1-2H3;4-5,7H,1-3H2. The number of hydrogen-bond acceptors (Lipinski definition) is 16. The van der Waals surface area contributed by atoms with E-state index in [-0.39, 0.29) is 0 Å². The number of nitrogens with zero attached hydrogens (tertiary/aromatic N) is 8. The molecular weight excluding hydrogens is 640 g/mol. The normalized spacial score (nSPS) is 24.5. The predicted octanol–water partition coefficient (Wildman–Crippen LogP) is 3.79. The molecule has 4 aliphatic heterocycles. The van der Waals surface area contributed by atoms with Crippen molar-refractivity contribution in [2.45, 2.75) is 108 Å². The summed E-state index contributed by atoms with van der Waals surface area (Å²) in [6.07, 6.45) is 9.19. The topological polar surface area (TPSA) is 204 Å². The van der Waals surface area contributed by atoms with Crippen LogP contribution in [0.1, 0.15) is 143 Å². The zero-order valence-electron chi connectivity index (χ0n) is 29.9. The van der Waals surface area contributed by atoms with Crippen LogP contribution in [0.5, 0.6) is 0 Å². The van der Waals surface area contributed by atoms with Crippen molar-refractivity contribution >= 4 is 0 Å². The number of hydrogen-bond donors (Lipinski definition) is 4. The van der Waals surface area contributed by atoms with Gasteiger partial charge in [0.15, 0.2) is 0 Å². The van der Waals surface area contributed by atoms with Gasteiger partial charge in [-0.1, -0.05) is 27.7 Å². The third-order valence-electron chi connectivity index (χ3n) is 9.41. The maximum atomic E-state index is 5.63. The summed E-state index contributed by atoms with van der Waals surface area (Å²) in [6.45, 7) is 16.6. The molecule has 5 aliphatic rings. The Morgan fingerprint density at radius 1 is 0.540 bits per heavy atom. The van der Waals surface area contributed by atoms with Gasteiger partial charge in [-0.25, -0.2) is 0 Å². The molecule has 16 nitrogen and oxygen atoms in total. The summed E-state index contributed by atoms with van der Waals surface area (Å²) in [5.41, 5.74) is 0. The van der Waals surface area contributed by atoms with E-state index >= 15 is 0 Å². The van der Waals surface area contributed by atoms with Crippen molar-refractivity contribution in [2.24, 2.45) is 5.92 Å². The molecule has 4 saturated heterocycles. The maximum absolute atomic E-state index is 5.63. The quantitative estimate of drug-likeness (QED) is 0.207. The highest BCUT2D eigenvalue weighted by Crippen LogP contribution is 2.39. The molecule has 50 heavy (non-hydrogen) atoms. The van der Waals surface area contributed by atoms with Gasteiger partial charge >= 0.3 is 0 Å². The third-order valence-corrected chi connectivity index (χ3v) is 9.41. The Hall–Kier alpha value is -3.60. The zero-order valence-corrected chi connectivity index (χ0v) is 29.9. The van der Waals surface area contributed by atoms with Crippen LogP contribution >= 0.6 is 0 Å². The van der Waals surface area contributed by atoms with E-state index in [0.29, 0.717) is 41.4 Å². The van der Waals surface area contributed by atoms with E-state index in [4.69, 9.17) is 17.7 Å². The largest absolute Gasteiger partial charge is 0.428 e. The molecule has 4 atom stereocenters. The van der Waals surface area contributed by atoms with Crippen LogP contribution in [0.15, 0.2) is 24.1 Å². The summed E-state index contributed by atoms with van der Waals surface area (Å²) in [7, 11) is 0. The summed E-state index contributed by atoms with van der Waals surface area (Å²) in [6, 6.07) is 0. The fourth-order valence-electron chi connectivity index (χ4n) is 6.24. The van der Waals surface area contributed by atoms with Crippen molar-refractivity contribution in [1.82, 2.24) is 62.1 Å². The zero-order chi connectivity index (χ0) is 34.7. The van der Waals surface area contributed by atoms with Crippen LogP contribution in [0.2, 0.25) is 0 Å². The van der Waals surface area contributed by atoms with Gasteiger partial charge in [-0.05, 0) is 70.6 Å². The highest BCUT2D eigenvalue weighted by atomic mass is 16.4. The number of aromatic nitrogens is 8. The van der Waals surface area contributed by atoms with Crippen LogP contribution in [0, 0.1) is 5.92 Å². The van der Waals surface area contributed by atoms with Crippen LogP contribution in [-0.4, -0.2) is 93.1 Å². The number of nitrogens with one attached hydrogen (secondary N) is 4. The van der Waals surface area contributed by atoms with Crippen LogP contribution in [0.25, 0.3) is 0 Å². The molecule has 5 fully saturated rings. The molecule has 0 bridgehead atoms. The van der Waals surface area contributed by atoms with E-state index < -0.39 is 0 Å². The van der Waals surface area contributed by atoms with Crippen LogP contribution in [-0.2, 0) is 6.42 Å². The van der Waals surface area contributed by atoms with E-state index in [9.17, 15) is 0 Å². The van der Waals surface area contributed by atoms with E-state index in [2.05, 4.69) is 89.8 Å². The molecule has 16 heteroatoms. The lowest BCUT2D eigenvalue weighted by Gasteiger charge is -2.00. The predicted molar refractivity (Wildman–Crippen MR) is 183 cm³/mol. The second kappa shape index (κ2) is 18.1. The van der Waals surface area contributed by atoms with Crippen LogP contribution < -0.4 is 21.3 Å². The minimum atomic E-state index is 0.329. The van der Waals surface area contributed by atoms with E-state index in [1.54, 1.807) is 0 Å². The van der Waals surface area contributed by atoms with Gasteiger partial charge in [0.1, 0.15) is 0 Å². The molecule has 4 aromatic heterocycles. The first-order valence-electron chi connectivity index (χ1n) is 18.5. The van der Waals surface area contributed by atoms with Gasteiger partial charge in [-0.2, -0.15) is 0 Å². The lowest BCUT2D eigenvalue weighted by molar-refractivity contribution is 0.405. The molecule has 4 unspecified atom stereocenters. The Balaban J connectivity index is 0.000000116. The highest BCUT2D eigenvalue weighted by Gasteiger charge is 2.31. The Bertz CT molecular complexity index is 1460. The van der Waals surface area contributed by atoms with Gasteiger partial charge in [0.25, 0.3) is 0 Å². The minimum Gasteiger partial charge on any atom is -0.428 e. The van der Waals surface area contributed by atoms with Crippen molar-refractivity contribution in [3.8, 4) is 0 Å². The first-order valence-corrected chi connectivity index (χ1v) is 18.5. The molecule has 274 valence electrons. The Morgan fingerprint density at radius 2 is 1.02 bits per heavy atom. The van der Waals surface area contributed by atoms with Gasteiger partial charge in [0.2, 0.25) is 47.6 Å². The average molecular weight is 695 g/mol. The molecule has 0 radical (unpaired) electrons. The highest BCUT2D eigenvalue weighted by molar-refractivity contribution is 5.03. The molecule has 0 amide bonds. The molecule has 0 aromatic carbocycles. The van der Waals surface area contributed by atoms with Crippen molar-refractivity contribution in [3.63, 3.8) is 0 Å². The molecular formula is C34H54N12O4. The first kappa shape index (κ1) is 36.2. The maximum Gasteiger partial charge on any atom is 0.220 e. The van der Waals surface area contributed by atoms with Gasteiger partial charge < -0.3 is 38.9 Å². The summed E-state index contributed by atoms with van der Waals surface area (Å²) in [4.78, 5) is 0. The molecule has 1 saturated carbocycles. The summed E-state index contributed by atoms with van der Waals surface area (Å²) in [5.74, 6) is 8.86. The monoisotopic (exact) mass is 694 g/mol. The van der Waals surface area contributed by atoms with Crippen molar-refractivity contribution < 1.29 is 17.7 Å². The number of rotatable bonds is 8. The van der Waals surface area contributed by atoms with Crippen molar-refractivity contribution in [1.29, 1.82) is 0 Å². The van der Waals surface area contributed by atoms with Gasteiger partial charge in [0, 0.05) is 44.4 Å². The summed E-state index contributed by atoms with van der Waals surface area (Å²) >= 11 is 0. The minimum absolute atomic E-state index is 0.329. The fraction of sp³-hybridized carbons (Fsp3) is 0.765. The third kappa shape index (κ3) is 10.5. The Morgan fingerprint density at radius 3 is 1.46 bits per heavy atom. The van der Waals surface area contributed by atoms with Gasteiger partial charge in [-0.3, -0.25) is 0 Å². The molecule has 8 heterocycles. The molecule has 0 spiro atoms. The second-order valence-corrected chi connectivity index (χ2v) is 14.6. The van der Waals surface area contributed by atoms with Crippen LogP contribution in [0.4, 0.5) is 0 Å². The Kier molecular flexibility index (Phi) is 13.1. The molecule has 1 aliphatic carbocycles. The fourth-order valence-corrected chi connectivity index (χ4v) is 6.24. The Labute approximate surface area is 293 Å². The van der Waals surface area contributed by atoms with E-state index in [1.165, 1.54) is 19.2 Å². The second-order valence-electron chi connectivity index (χ2n) is 14.6. The van der Waals surface area contributed by atoms with Gasteiger partial charge in [0.05, 0.1) is 23.7 Å².